The fraction of sp³-hybridized carbons (Fsp3) is 0.100. The van der Waals surface area contributed by atoms with Gasteiger partial charge in [0.2, 0.25) is 10.0 Å². The van der Waals surface area contributed by atoms with Crippen molar-refractivity contribution in [1.82, 2.24) is 4.72 Å². The molecule has 0 saturated heterocycles. The minimum absolute atomic E-state index is 0.103. The molecule has 3 aromatic rings. The van der Waals surface area contributed by atoms with Crippen LogP contribution in [-0.4, -0.2) is 8.42 Å². The van der Waals surface area contributed by atoms with Gasteiger partial charge in [-0.05, 0) is 61.0 Å². The van der Waals surface area contributed by atoms with Crippen LogP contribution in [0, 0.1) is 6.92 Å². The van der Waals surface area contributed by atoms with Gasteiger partial charge in [0.1, 0.15) is 0 Å². The molecule has 3 aromatic carbocycles. The topological polar surface area (TPSA) is 46.2 Å². The summed E-state index contributed by atoms with van der Waals surface area (Å²) in [6.07, 6.45) is 0. The molecule has 0 aliphatic heterocycles. The third-order valence-electron chi connectivity index (χ3n) is 3.89. The Labute approximate surface area is 173 Å². The number of rotatable bonds is 6. The predicted octanol–water partition coefficient (Wildman–Crippen LogP) is 5.93. The van der Waals surface area contributed by atoms with Crippen molar-refractivity contribution >= 4 is 45.0 Å². The zero-order valence-electron chi connectivity index (χ0n) is 14.4. The zero-order valence-corrected chi connectivity index (χ0v) is 17.6. The fourth-order valence-corrected chi connectivity index (χ4v) is 4.80. The van der Waals surface area contributed by atoms with Gasteiger partial charge < -0.3 is 0 Å². The molecule has 0 saturated carbocycles. The summed E-state index contributed by atoms with van der Waals surface area (Å²) in [6.45, 7) is 2.01. The third-order valence-corrected chi connectivity index (χ3v) is 7.02. The van der Waals surface area contributed by atoms with Gasteiger partial charge in [-0.3, -0.25) is 0 Å². The Morgan fingerprint density at radius 1 is 0.926 bits per heavy atom. The molecule has 0 amide bonds. The number of halogens is 2. The Hall–Kier alpha value is -1.50. The van der Waals surface area contributed by atoms with Crippen molar-refractivity contribution in [3.63, 3.8) is 0 Å². The van der Waals surface area contributed by atoms with Crippen molar-refractivity contribution in [1.29, 1.82) is 0 Å². The SMILES string of the molecule is Cc1ccc(S(=O)(=O)NCc2c(Cl)cccc2Sc2ccc(Cl)cc2)cc1. The molecule has 140 valence electrons. The van der Waals surface area contributed by atoms with Gasteiger partial charge in [0.25, 0.3) is 0 Å². The second-order valence-electron chi connectivity index (χ2n) is 5.91. The van der Waals surface area contributed by atoms with Crippen molar-refractivity contribution in [3.05, 3.63) is 87.9 Å². The highest BCUT2D eigenvalue weighted by molar-refractivity contribution is 7.99. The van der Waals surface area contributed by atoms with Gasteiger partial charge in [-0.1, -0.05) is 58.7 Å². The molecule has 0 bridgehead atoms. The van der Waals surface area contributed by atoms with Crippen LogP contribution in [-0.2, 0) is 16.6 Å². The average molecular weight is 438 g/mol. The van der Waals surface area contributed by atoms with Crippen molar-refractivity contribution in [3.8, 4) is 0 Å². The number of benzene rings is 3. The van der Waals surface area contributed by atoms with Crippen LogP contribution in [0.2, 0.25) is 10.0 Å². The van der Waals surface area contributed by atoms with Gasteiger partial charge in [-0.25, -0.2) is 13.1 Å². The van der Waals surface area contributed by atoms with Crippen molar-refractivity contribution in [2.75, 3.05) is 0 Å². The molecule has 3 rings (SSSR count). The van der Waals surface area contributed by atoms with Crippen molar-refractivity contribution < 1.29 is 8.42 Å². The Balaban J connectivity index is 1.82. The summed E-state index contributed by atoms with van der Waals surface area (Å²) >= 11 is 13.8. The van der Waals surface area contributed by atoms with E-state index in [-0.39, 0.29) is 11.4 Å². The minimum Gasteiger partial charge on any atom is -0.207 e. The van der Waals surface area contributed by atoms with Gasteiger partial charge in [0.15, 0.2) is 0 Å². The van der Waals surface area contributed by atoms with E-state index in [2.05, 4.69) is 4.72 Å². The molecule has 0 atom stereocenters. The lowest BCUT2D eigenvalue weighted by atomic mass is 10.2. The monoisotopic (exact) mass is 437 g/mol. The normalized spacial score (nSPS) is 11.5. The number of nitrogens with one attached hydrogen (secondary N) is 1. The van der Waals surface area contributed by atoms with Crippen LogP contribution in [0.5, 0.6) is 0 Å². The van der Waals surface area contributed by atoms with Crippen molar-refractivity contribution in [2.45, 2.75) is 28.2 Å². The fourth-order valence-electron chi connectivity index (χ4n) is 2.40. The quantitative estimate of drug-likeness (QED) is 0.519. The number of hydrogen-bond donors (Lipinski definition) is 1. The van der Waals surface area contributed by atoms with E-state index in [1.165, 1.54) is 11.8 Å². The number of aryl methyl sites for hydroxylation is 1. The Morgan fingerprint density at radius 2 is 1.59 bits per heavy atom. The summed E-state index contributed by atoms with van der Waals surface area (Å²) in [5.41, 5.74) is 1.73. The van der Waals surface area contributed by atoms with Gasteiger partial charge in [0.05, 0.1) is 4.90 Å². The summed E-state index contributed by atoms with van der Waals surface area (Å²) in [6, 6.07) is 19.7. The number of sulfonamides is 1. The first-order valence-electron chi connectivity index (χ1n) is 8.12. The summed E-state index contributed by atoms with van der Waals surface area (Å²) in [7, 11) is -3.62. The lowest BCUT2D eigenvalue weighted by Crippen LogP contribution is -2.23. The van der Waals surface area contributed by atoms with Gasteiger partial charge in [0, 0.05) is 26.4 Å². The largest absolute Gasteiger partial charge is 0.240 e. The molecular formula is C20H17Cl2NO2S2. The lowest BCUT2D eigenvalue weighted by Gasteiger charge is -2.13. The summed E-state index contributed by atoms with van der Waals surface area (Å²) in [4.78, 5) is 2.10. The second-order valence-corrected chi connectivity index (χ2v) is 9.64. The molecule has 0 fully saturated rings. The Kier molecular flexibility index (Phi) is 6.50. The highest BCUT2D eigenvalue weighted by atomic mass is 35.5. The molecule has 0 radical (unpaired) electrons. The predicted molar refractivity (Wildman–Crippen MR) is 112 cm³/mol. The first-order chi connectivity index (χ1) is 12.8. The minimum atomic E-state index is -3.62. The van der Waals surface area contributed by atoms with Crippen molar-refractivity contribution in [2.24, 2.45) is 0 Å². The van der Waals surface area contributed by atoms with Crippen LogP contribution in [0.1, 0.15) is 11.1 Å². The summed E-state index contributed by atoms with van der Waals surface area (Å²) < 4.78 is 27.8. The first-order valence-corrected chi connectivity index (χ1v) is 11.2. The van der Waals surface area contributed by atoms with Crippen LogP contribution in [0.3, 0.4) is 0 Å². The maximum absolute atomic E-state index is 12.6. The van der Waals surface area contributed by atoms with Gasteiger partial charge >= 0.3 is 0 Å². The molecule has 0 aliphatic rings. The van der Waals surface area contributed by atoms with Gasteiger partial charge in [-0.15, -0.1) is 0 Å². The standard InChI is InChI=1S/C20H17Cl2NO2S2/c1-14-5-11-17(12-6-14)27(24,25)23-13-18-19(22)3-2-4-20(18)26-16-9-7-15(21)8-10-16/h2-12,23H,13H2,1H3. The maximum atomic E-state index is 12.6. The highest BCUT2D eigenvalue weighted by Crippen LogP contribution is 2.34. The van der Waals surface area contributed by atoms with E-state index >= 15 is 0 Å². The molecule has 7 heteroatoms. The second kappa shape index (κ2) is 8.67. The lowest BCUT2D eigenvalue weighted by molar-refractivity contribution is 0.581. The molecule has 0 aliphatic carbocycles. The maximum Gasteiger partial charge on any atom is 0.240 e. The molecule has 1 N–H and O–H groups in total. The van der Waals surface area contributed by atoms with E-state index in [9.17, 15) is 8.42 Å². The third kappa shape index (κ3) is 5.27. The van der Waals surface area contributed by atoms with Crippen LogP contribution in [0.15, 0.2) is 81.4 Å². The Morgan fingerprint density at radius 3 is 2.26 bits per heavy atom. The van der Waals surface area contributed by atoms with E-state index in [0.717, 1.165) is 20.9 Å². The number of hydrogen-bond acceptors (Lipinski definition) is 3. The molecular weight excluding hydrogens is 421 g/mol. The van der Waals surface area contributed by atoms with Crippen LogP contribution >= 0.6 is 35.0 Å². The first kappa shape index (κ1) is 20.2. The summed E-state index contributed by atoms with van der Waals surface area (Å²) in [5.74, 6) is 0. The molecule has 0 spiro atoms. The molecule has 27 heavy (non-hydrogen) atoms. The average Bonchev–Trinajstić information content (AvgIpc) is 2.63. The highest BCUT2D eigenvalue weighted by Gasteiger charge is 2.16. The smallest absolute Gasteiger partial charge is 0.207 e. The zero-order chi connectivity index (χ0) is 19.4. The van der Waals surface area contributed by atoms with E-state index in [1.807, 2.05) is 43.3 Å². The van der Waals surface area contributed by atoms with E-state index in [4.69, 9.17) is 23.2 Å². The van der Waals surface area contributed by atoms with E-state index in [0.29, 0.717) is 10.0 Å². The molecule has 0 aromatic heterocycles. The molecule has 0 heterocycles. The van der Waals surface area contributed by atoms with Gasteiger partial charge in [-0.2, -0.15) is 0 Å². The summed E-state index contributed by atoms with van der Waals surface area (Å²) in [5, 5.41) is 1.18. The molecule has 3 nitrogen and oxygen atoms in total. The van der Waals surface area contributed by atoms with Crippen LogP contribution < -0.4 is 4.72 Å². The van der Waals surface area contributed by atoms with Crippen LogP contribution in [0.25, 0.3) is 0 Å². The molecule has 0 unspecified atom stereocenters. The Bertz CT molecular complexity index is 1030. The van der Waals surface area contributed by atoms with E-state index in [1.54, 1.807) is 30.3 Å². The van der Waals surface area contributed by atoms with Crippen LogP contribution in [0.4, 0.5) is 0 Å². The van der Waals surface area contributed by atoms with E-state index < -0.39 is 10.0 Å².